The third-order valence-corrected chi connectivity index (χ3v) is 6.09. The van der Waals surface area contributed by atoms with Crippen molar-refractivity contribution in [3.05, 3.63) is 88.9 Å². The van der Waals surface area contributed by atoms with Crippen molar-refractivity contribution in [3.8, 4) is 5.75 Å². The average molecular weight is 489 g/mol. The maximum atomic E-state index is 12.6. The predicted molar refractivity (Wildman–Crippen MR) is 124 cm³/mol. The van der Waals surface area contributed by atoms with Crippen LogP contribution in [0.5, 0.6) is 5.75 Å². The fourth-order valence-electron chi connectivity index (χ4n) is 2.83. The van der Waals surface area contributed by atoms with Crippen LogP contribution >= 0.6 is 11.6 Å². The molecule has 3 aromatic rings. The Hall–Kier alpha value is -3.40. The van der Waals surface area contributed by atoms with Gasteiger partial charge in [-0.15, -0.1) is 0 Å². The number of hydrogen-bond acceptors (Lipinski definition) is 6. The Morgan fingerprint density at radius 1 is 0.970 bits per heavy atom. The molecule has 8 nitrogen and oxygen atoms in total. The fourth-order valence-corrected chi connectivity index (χ4v) is 4.06. The largest absolute Gasteiger partial charge is 0.495 e. The molecule has 10 heteroatoms. The molecule has 3 aromatic carbocycles. The van der Waals surface area contributed by atoms with E-state index in [1.807, 2.05) is 6.07 Å². The first-order chi connectivity index (χ1) is 15.8. The Labute approximate surface area is 196 Å². The summed E-state index contributed by atoms with van der Waals surface area (Å²) in [7, 11) is -2.42. The van der Waals surface area contributed by atoms with Gasteiger partial charge in [-0.2, -0.15) is 0 Å². The molecule has 33 heavy (non-hydrogen) atoms. The molecule has 0 saturated carbocycles. The number of methoxy groups -OCH3 is 1. The summed E-state index contributed by atoms with van der Waals surface area (Å²) >= 11 is 5.93. The summed E-state index contributed by atoms with van der Waals surface area (Å²) in [4.78, 5) is 24.5. The fraction of sp³-hybridized carbons (Fsp3) is 0.130. The van der Waals surface area contributed by atoms with Gasteiger partial charge in [-0.1, -0.05) is 48.0 Å². The van der Waals surface area contributed by atoms with Gasteiger partial charge in [-0.25, -0.2) is 17.9 Å². The van der Waals surface area contributed by atoms with Gasteiger partial charge in [0.1, 0.15) is 5.75 Å². The second-order valence-corrected chi connectivity index (χ2v) is 9.01. The highest BCUT2D eigenvalue weighted by atomic mass is 35.5. The highest BCUT2D eigenvalue weighted by Crippen LogP contribution is 2.27. The van der Waals surface area contributed by atoms with Crippen LogP contribution in [0, 0.1) is 0 Å². The van der Waals surface area contributed by atoms with Crippen molar-refractivity contribution in [2.45, 2.75) is 11.4 Å². The number of nitrogens with one attached hydrogen (secondary N) is 2. The topological polar surface area (TPSA) is 111 Å². The number of anilines is 1. The number of benzene rings is 3. The Kier molecular flexibility index (Phi) is 8.05. The molecule has 3 rings (SSSR count). The molecule has 172 valence electrons. The van der Waals surface area contributed by atoms with Crippen molar-refractivity contribution in [2.24, 2.45) is 0 Å². The zero-order valence-corrected chi connectivity index (χ0v) is 19.2. The first-order valence-corrected chi connectivity index (χ1v) is 11.6. The van der Waals surface area contributed by atoms with Crippen LogP contribution < -0.4 is 14.8 Å². The van der Waals surface area contributed by atoms with E-state index in [2.05, 4.69) is 10.0 Å². The SMILES string of the molecule is COc1ccc(Cl)cc1NC(=O)COC(=O)c1cccc(S(=O)(=O)NCc2ccccc2)c1. The molecule has 0 aliphatic heterocycles. The first-order valence-electron chi connectivity index (χ1n) is 9.72. The van der Waals surface area contributed by atoms with Crippen LogP contribution in [0.1, 0.15) is 15.9 Å². The number of halogens is 1. The van der Waals surface area contributed by atoms with Crippen molar-refractivity contribution in [2.75, 3.05) is 19.0 Å². The summed E-state index contributed by atoms with van der Waals surface area (Å²) in [6.45, 7) is -0.483. The van der Waals surface area contributed by atoms with Crippen molar-refractivity contribution < 1.29 is 27.5 Å². The molecule has 0 bridgehead atoms. The minimum Gasteiger partial charge on any atom is -0.495 e. The maximum Gasteiger partial charge on any atom is 0.338 e. The second kappa shape index (κ2) is 11.0. The van der Waals surface area contributed by atoms with Crippen molar-refractivity contribution in [1.82, 2.24) is 4.72 Å². The number of carbonyl (C=O) groups is 2. The van der Waals surface area contributed by atoms with E-state index in [0.717, 1.165) is 5.56 Å². The van der Waals surface area contributed by atoms with Crippen LogP contribution in [0.15, 0.2) is 77.7 Å². The Morgan fingerprint density at radius 2 is 1.73 bits per heavy atom. The molecule has 0 aliphatic rings. The zero-order valence-electron chi connectivity index (χ0n) is 17.6. The van der Waals surface area contributed by atoms with Crippen LogP contribution in [0.3, 0.4) is 0 Å². The van der Waals surface area contributed by atoms with Gasteiger partial charge in [0.05, 0.1) is 23.3 Å². The monoisotopic (exact) mass is 488 g/mol. The van der Waals surface area contributed by atoms with E-state index in [0.29, 0.717) is 16.5 Å². The molecular weight excluding hydrogens is 468 g/mol. The van der Waals surface area contributed by atoms with Crippen molar-refractivity contribution >= 4 is 39.2 Å². The minimum absolute atomic E-state index is 0.00859. The summed E-state index contributed by atoms with van der Waals surface area (Å²) in [5.74, 6) is -1.07. The number of rotatable bonds is 9. The van der Waals surface area contributed by atoms with Gasteiger partial charge in [0.2, 0.25) is 10.0 Å². The van der Waals surface area contributed by atoms with Gasteiger partial charge in [0, 0.05) is 11.6 Å². The molecule has 1 amide bonds. The van der Waals surface area contributed by atoms with Crippen LogP contribution in [0.2, 0.25) is 5.02 Å². The second-order valence-electron chi connectivity index (χ2n) is 6.81. The number of sulfonamides is 1. The van der Waals surface area contributed by atoms with Crippen LogP contribution in [0.4, 0.5) is 5.69 Å². The summed E-state index contributed by atoms with van der Waals surface area (Å²) in [6, 6.07) is 19.1. The van der Waals surface area contributed by atoms with E-state index in [1.165, 1.54) is 37.4 Å². The highest BCUT2D eigenvalue weighted by molar-refractivity contribution is 7.89. The molecule has 0 aliphatic carbocycles. The minimum atomic E-state index is -3.86. The zero-order chi connectivity index (χ0) is 23.8. The standard InChI is InChI=1S/C23H21ClN2O6S/c1-31-21-11-10-18(24)13-20(21)26-22(27)15-32-23(28)17-8-5-9-19(12-17)33(29,30)25-14-16-6-3-2-4-7-16/h2-13,25H,14-15H2,1H3,(H,26,27). The van der Waals surface area contributed by atoms with Gasteiger partial charge >= 0.3 is 5.97 Å². The summed E-state index contributed by atoms with van der Waals surface area (Å²) in [6.07, 6.45) is 0. The quantitative estimate of drug-likeness (QED) is 0.445. The molecule has 0 aromatic heterocycles. The smallest absolute Gasteiger partial charge is 0.338 e. The van der Waals surface area contributed by atoms with Gasteiger partial charge in [0.25, 0.3) is 5.91 Å². The third-order valence-electron chi connectivity index (χ3n) is 4.46. The van der Waals surface area contributed by atoms with E-state index in [-0.39, 0.29) is 17.0 Å². The molecule has 2 N–H and O–H groups in total. The molecule has 0 saturated heterocycles. The average Bonchev–Trinajstić information content (AvgIpc) is 2.82. The highest BCUT2D eigenvalue weighted by Gasteiger charge is 2.18. The maximum absolute atomic E-state index is 12.6. The van der Waals surface area contributed by atoms with E-state index < -0.39 is 28.5 Å². The predicted octanol–water partition coefficient (Wildman–Crippen LogP) is 3.62. The number of amides is 1. The Morgan fingerprint density at radius 3 is 2.45 bits per heavy atom. The van der Waals surface area contributed by atoms with Gasteiger partial charge in [-0.3, -0.25) is 4.79 Å². The van der Waals surface area contributed by atoms with Crippen molar-refractivity contribution in [1.29, 1.82) is 0 Å². The summed E-state index contributed by atoms with van der Waals surface area (Å²) in [5.41, 5.74) is 1.10. The Balaban J connectivity index is 1.61. The summed E-state index contributed by atoms with van der Waals surface area (Å²) < 4.78 is 37.8. The van der Waals surface area contributed by atoms with Gasteiger partial charge in [0.15, 0.2) is 6.61 Å². The molecule has 0 unspecified atom stereocenters. The van der Waals surface area contributed by atoms with Crippen LogP contribution in [-0.4, -0.2) is 34.0 Å². The van der Waals surface area contributed by atoms with Gasteiger partial charge < -0.3 is 14.8 Å². The molecule has 0 fully saturated rings. The van der Waals surface area contributed by atoms with E-state index in [9.17, 15) is 18.0 Å². The lowest BCUT2D eigenvalue weighted by Gasteiger charge is -2.11. The van der Waals surface area contributed by atoms with Crippen LogP contribution in [0.25, 0.3) is 0 Å². The lowest BCUT2D eigenvalue weighted by atomic mass is 10.2. The first kappa shape index (κ1) is 24.2. The van der Waals surface area contributed by atoms with Crippen LogP contribution in [-0.2, 0) is 26.1 Å². The molecule has 0 spiro atoms. The van der Waals surface area contributed by atoms with E-state index in [4.69, 9.17) is 21.1 Å². The van der Waals surface area contributed by atoms with E-state index >= 15 is 0 Å². The molecule has 0 heterocycles. The Bertz CT molecular complexity index is 1250. The van der Waals surface area contributed by atoms with E-state index in [1.54, 1.807) is 36.4 Å². The molecule has 0 radical (unpaired) electrons. The van der Waals surface area contributed by atoms with Gasteiger partial charge in [-0.05, 0) is 42.0 Å². The number of hydrogen-bond donors (Lipinski definition) is 2. The molecular formula is C23H21ClN2O6S. The lowest BCUT2D eigenvalue weighted by molar-refractivity contribution is -0.119. The third kappa shape index (κ3) is 6.79. The molecule has 0 atom stereocenters. The number of ether oxygens (including phenoxy) is 2. The number of esters is 1. The summed E-state index contributed by atoms with van der Waals surface area (Å²) in [5, 5.41) is 2.94. The van der Waals surface area contributed by atoms with Crippen molar-refractivity contribution in [3.63, 3.8) is 0 Å². The lowest BCUT2D eigenvalue weighted by Crippen LogP contribution is -2.24. The number of carbonyl (C=O) groups excluding carboxylic acids is 2. The normalized spacial score (nSPS) is 11.0.